The Labute approximate surface area is 121 Å². The predicted molar refractivity (Wildman–Crippen MR) is 74.2 cm³/mol. The van der Waals surface area contributed by atoms with Crippen LogP contribution < -0.4 is 5.73 Å². The molecule has 0 unspecified atom stereocenters. The zero-order valence-electron chi connectivity index (χ0n) is 10.5. The number of hydrogen-bond donors (Lipinski definition) is 3. The van der Waals surface area contributed by atoms with E-state index in [0.717, 1.165) is 30.3 Å². The third kappa shape index (κ3) is 2.99. The van der Waals surface area contributed by atoms with Crippen molar-refractivity contribution < 1.29 is 26.5 Å². The number of nitrogen functional groups attached to an aromatic ring is 1. The molecule has 0 bridgehead atoms. The van der Waals surface area contributed by atoms with E-state index in [1.54, 1.807) is 0 Å². The van der Waals surface area contributed by atoms with Crippen LogP contribution in [0.2, 0.25) is 0 Å². The second kappa shape index (κ2) is 5.02. The summed E-state index contributed by atoms with van der Waals surface area (Å²) in [4.78, 5) is -1.05. The van der Waals surface area contributed by atoms with Crippen LogP contribution in [0.3, 0.4) is 0 Å². The Hall–Kier alpha value is -2.10. The smallest absolute Gasteiger partial charge is 0.294 e. The molecule has 0 aliphatic rings. The van der Waals surface area contributed by atoms with E-state index in [4.69, 9.17) is 10.3 Å². The van der Waals surface area contributed by atoms with Gasteiger partial charge in [-0.05, 0) is 36.4 Å². The second-order valence-electron chi connectivity index (χ2n) is 4.17. The van der Waals surface area contributed by atoms with Crippen LogP contribution in [-0.2, 0) is 20.0 Å². The van der Waals surface area contributed by atoms with Crippen molar-refractivity contribution in [2.45, 2.75) is 14.7 Å². The highest BCUT2D eigenvalue weighted by atomic mass is 32.2. The van der Waals surface area contributed by atoms with Gasteiger partial charge >= 0.3 is 0 Å². The molecule has 0 aliphatic heterocycles. The summed E-state index contributed by atoms with van der Waals surface area (Å²) in [6.07, 6.45) is 0. The summed E-state index contributed by atoms with van der Waals surface area (Å²) in [5.74, 6) is -0.263. The summed E-state index contributed by atoms with van der Waals surface area (Å²) in [5, 5.41) is 9.30. The number of benzene rings is 2. The Bertz CT molecular complexity index is 903. The summed E-state index contributed by atoms with van der Waals surface area (Å²) in [6, 6.07) is 7.61. The van der Waals surface area contributed by atoms with Crippen molar-refractivity contribution in [2.24, 2.45) is 0 Å². The van der Waals surface area contributed by atoms with Gasteiger partial charge in [-0.2, -0.15) is 8.42 Å². The first kappa shape index (κ1) is 15.3. The molecule has 0 saturated heterocycles. The van der Waals surface area contributed by atoms with Crippen molar-refractivity contribution in [3.8, 4) is 5.75 Å². The molecule has 0 heterocycles. The topological polar surface area (TPSA) is 135 Å². The molecule has 21 heavy (non-hydrogen) atoms. The van der Waals surface area contributed by atoms with Crippen LogP contribution in [-0.4, -0.2) is 26.5 Å². The number of rotatable bonds is 3. The SMILES string of the molecule is Nc1cc(S(=O)(=O)c2cccc(S(=O)(=O)O)c2)ccc1O. The number of hydrogen-bond acceptors (Lipinski definition) is 6. The van der Waals surface area contributed by atoms with Gasteiger partial charge in [0.1, 0.15) is 5.75 Å². The molecule has 112 valence electrons. The first-order valence-electron chi connectivity index (χ1n) is 5.53. The third-order valence-electron chi connectivity index (χ3n) is 2.72. The summed E-state index contributed by atoms with van der Waals surface area (Å²) in [6.45, 7) is 0. The zero-order valence-corrected chi connectivity index (χ0v) is 12.1. The third-order valence-corrected chi connectivity index (χ3v) is 5.32. The number of anilines is 1. The van der Waals surface area contributed by atoms with Crippen molar-refractivity contribution in [3.63, 3.8) is 0 Å². The zero-order chi connectivity index (χ0) is 15.8. The van der Waals surface area contributed by atoms with Gasteiger partial charge in [-0.15, -0.1) is 0 Å². The van der Waals surface area contributed by atoms with E-state index < -0.39 is 24.9 Å². The average molecular weight is 329 g/mol. The maximum Gasteiger partial charge on any atom is 0.294 e. The van der Waals surface area contributed by atoms with Gasteiger partial charge in [0.25, 0.3) is 10.1 Å². The molecule has 0 aliphatic carbocycles. The second-order valence-corrected chi connectivity index (χ2v) is 7.55. The van der Waals surface area contributed by atoms with Crippen molar-refractivity contribution in [1.82, 2.24) is 0 Å². The van der Waals surface area contributed by atoms with Crippen LogP contribution in [0.15, 0.2) is 57.2 Å². The monoisotopic (exact) mass is 329 g/mol. The number of phenolic OH excluding ortho intramolecular Hbond substituents is 1. The van der Waals surface area contributed by atoms with Gasteiger partial charge in [0.15, 0.2) is 0 Å². The lowest BCUT2D eigenvalue weighted by Crippen LogP contribution is -2.05. The molecule has 7 nitrogen and oxygen atoms in total. The molecule has 4 N–H and O–H groups in total. The van der Waals surface area contributed by atoms with Crippen molar-refractivity contribution >= 4 is 25.6 Å². The van der Waals surface area contributed by atoms with Gasteiger partial charge < -0.3 is 10.8 Å². The lowest BCUT2D eigenvalue weighted by atomic mass is 10.3. The first-order valence-corrected chi connectivity index (χ1v) is 8.46. The van der Waals surface area contributed by atoms with E-state index in [9.17, 15) is 21.9 Å². The highest BCUT2D eigenvalue weighted by molar-refractivity contribution is 7.91. The van der Waals surface area contributed by atoms with E-state index in [2.05, 4.69) is 0 Å². The van der Waals surface area contributed by atoms with Gasteiger partial charge in [-0.25, -0.2) is 8.42 Å². The molecule has 2 aromatic carbocycles. The molecular weight excluding hydrogens is 318 g/mol. The van der Waals surface area contributed by atoms with Gasteiger partial charge in [0.05, 0.1) is 20.4 Å². The number of sulfone groups is 1. The van der Waals surface area contributed by atoms with Crippen LogP contribution >= 0.6 is 0 Å². The fourth-order valence-corrected chi connectivity index (χ4v) is 3.58. The van der Waals surface area contributed by atoms with Crippen LogP contribution in [0.25, 0.3) is 0 Å². The largest absolute Gasteiger partial charge is 0.506 e. The molecular formula is C12H11NO6S2. The first-order chi connectivity index (χ1) is 9.62. The number of aromatic hydroxyl groups is 1. The number of phenols is 1. The predicted octanol–water partition coefficient (Wildman–Crippen LogP) is 1.05. The Morgan fingerprint density at radius 1 is 0.857 bits per heavy atom. The highest BCUT2D eigenvalue weighted by Gasteiger charge is 2.21. The lowest BCUT2D eigenvalue weighted by Gasteiger charge is -2.07. The quantitative estimate of drug-likeness (QED) is 0.435. The minimum Gasteiger partial charge on any atom is -0.506 e. The summed E-state index contributed by atoms with van der Waals surface area (Å²) in [7, 11) is -8.54. The fraction of sp³-hybridized carbons (Fsp3) is 0. The molecule has 0 radical (unpaired) electrons. The highest BCUT2D eigenvalue weighted by Crippen LogP contribution is 2.28. The Balaban J connectivity index is 2.62. The van der Waals surface area contributed by atoms with Crippen LogP contribution in [0, 0.1) is 0 Å². The standard InChI is InChI=1S/C12H11NO6S2/c13-11-7-9(4-5-12(11)14)20(15,16)8-2-1-3-10(6-8)21(17,18)19/h1-7,14H,13H2,(H,17,18,19). The van der Waals surface area contributed by atoms with Crippen LogP contribution in [0.4, 0.5) is 5.69 Å². The van der Waals surface area contributed by atoms with Crippen molar-refractivity contribution in [2.75, 3.05) is 5.73 Å². The van der Waals surface area contributed by atoms with E-state index >= 15 is 0 Å². The normalized spacial score (nSPS) is 12.2. The van der Waals surface area contributed by atoms with Crippen LogP contribution in [0.1, 0.15) is 0 Å². The van der Waals surface area contributed by atoms with Gasteiger partial charge in [-0.3, -0.25) is 4.55 Å². The minimum absolute atomic E-state index is 0.123. The average Bonchev–Trinajstić information content (AvgIpc) is 2.41. The van der Waals surface area contributed by atoms with Gasteiger partial charge in [0, 0.05) is 0 Å². The molecule has 0 fully saturated rings. The molecule has 0 saturated carbocycles. The van der Waals surface area contributed by atoms with E-state index in [0.29, 0.717) is 0 Å². The van der Waals surface area contributed by atoms with Crippen molar-refractivity contribution in [1.29, 1.82) is 0 Å². The molecule has 2 aromatic rings. The summed E-state index contributed by atoms with van der Waals surface area (Å²) >= 11 is 0. The molecule has 0 aromatic heterocycles. The van der Waals surface area contributed by atoms with E-state index in [1.165, 1.54) is 12.1 Å². The summed E-state index contributed by atoms with van der Waals surface area (Å²) in [5.41, 5.74) is 5.32. The maximum atomic E-state index is 12.4. The fourth-order valence-electron chi connectivity index (χ4n) is 1.64. The molecule has 2 rings (SSSR count). The molecule has 0 amide bonds. The Kier molecular flexibility index (Phi) is 3.66. The molecule has 9 heteroatoms. The van der Waals surface area contributed by atoms with E-state index in [1.807, 2.05) is 0 Å². The summed E-state index contributed by atoms with van der Waals surface area (Å²) < 4.78 is 55.8. The molecule has 0 atom stereocenters. The maximum absolute atomic E-state index is 12.4. The van der Waals surface area contributed by atoms with Gasteiger partial charge in [-0.1, -0.05) is 6.07 Å². The lowest BCUT2D eigenvalue weighted by molar-refractivity contribution is 0.477. The van der Waals surface area contributed by atoms with Crippen molar-refractivity contribution in [3.05, 3.63) is 42.5 Å². The van der Waals surface area contributed by atoms with Crippen LogP contribution in [0.5, 0.6) is 5.75 Å². The minimum atomic E-state index is -4.51. The molecule has 0 spiro atoms. The van der Waals surface area contributed by atoms with E-state index in [-0.39, 0.29) is 21.2 Å². The Morgan fingerprint density at radius 3 is 2.00 bits per heavy atom. The Morgan fingerprint density at radius 2 is 1.43 bits per heavy atom. The number of nitrogens with two attached hydrogens (primary N) is 1. The van der Waals surface area contributed by atoms with Gasteiger partial charge in [0.2, 0.25) is 9.84 Å².